The normalized spacial score (nSPS) is 12.2. The summed E-state index contributed by atoms with van der Waals surface area (Å²) < 4.78 is 0.775. The van der Waals surface area contributed by atoms with E-state index in [1.807, 2.05) is 17.8 Å². The summed E-state index contributed by atoms with van der Waals surface area (Å²) in [7, 11) is 0. The van der Waals surface area contributed by atoms with Gasteiger partial charge in [-0.3, -0.25) is 0 Å². The van der Waals surface area contributed by atoms with Gasteiger partial charge in [0.25, 0.3) is 0 Å². The number of anilines is 1. The van der Waals surface area contributed by atoms with E-state index < -0.39 is 5.97 Å². The van der Waals surface area contributed by atoms with Crippen LogP contribution in [0.3, 0.4) is 0 Å². The number of aromatic carboxylic acids is 1. The largest absolute Gasteiger partial charge is 0.478 e. The van der Waals surface area contributed by atoms with E-state index in [1.165, 1.54) is 0 Å². The standard InChI is InChI=1S/C12H16BrNO2S/c1-8(3-4-17-2)14-11-6-9(12(15)16)5-10(13)7-11/h5-8,14H,3-4H2,1-2H3,(H,15,16). The van der Waals surface area contributed by atoms with Gasteiger partial charge in [-0.15, -0.1) is 0 Å². The van der Waals surface area contributed by atoms with Crippen molar-refractivity contribution < 1.29 is 9.90 Å². The van der Waals surface area contributed by atoms with Crippen molar-refractivity contribution in [2.24, 2.45) is 0 Å². The van der Waals surface area contributed by atoms with Gasteiger partial charge in [0, 0.05) is 16.2 Å². The maximum Gasteiger partial charge on any atom is 0.335 e. The first-order valence-corrected chi connectivity index (χ1v) is 7.51. The van der Waals surface area contributed by atoms with Gasteiger partial charge >= 0.3 is 5.97 Å². The lowest BCUT2D eigenvalue weighted by molar-refractivity contribution is 0.0697. The molecule has 0 saturated carbocycles. The highest BCUT2D eigenvalue weighted by atomic mass is 79.9. The van der Waals surface area contributed by atoms with E-state index >= 15 is 0 Å². The molecule has 0 aliphatic rings. The molecule has 0 fully saturated rings. The van der Waals surface area contributed by atoms with Crippen LogP contribution in [0.2, 0.25) is 0 Å². The lowest BCUT2D eigenvalue weighted by Crippen LogP contribution is -2.16. The molecule has 0 aliphatic heterocycles. The number of carboxylic acids is 1. The van der Waals surface area contributed by atoms with E-state index in [9.17, 15) is 4.79 Å². The van der Waals surface area contributed by atoms with Gasteiger partial charge < -0.3 is 10.4 Å². The summed E-state index contributed by atoms with van der Waals surface area (Å²) in [4.78, 5) is 10.9. The zero-order valence-corrected chi connectivity index (χ0v) is 12.3. The molecule has 0 spiro atoms. The third-order valence-electron chi connectivity index (χ3n) is 2.31. The van der Waals surface area contributed by atoms with Crippen LogP contribution in [-0.4, -0.2) is 29.1 Å². The van der Waals surface area contributed by atoms with E-state index in [2.05, 4.69) is 34.4 Å². The summed E-state index contributed by atoms with van der Waals surface area (Å²) in [5, 5.41) is 12.3. The molecule has 2 N–H and O–H groups in total. The summed E-state index contributed by atoms with van der Waals surface area (Å²) >= 11 is 5.12. The minimum atomic E-state index is -0.911. The lowest BCUT2D eigenvalue weighted by atomic mass is 10.2. The van der Waals surface area contributed by atoms with Crippen molar-refractivity contribution in [3.05, 3.63) is 28.2 Å². The molecule has 1 unspecified atom stereocenters. The van der Waals surface area contributed by atoms with Crippen LogP contribution in [0, 0.1) is 0 Å². The van der Waals surface area contributed by atoms with Crippen LogP contribution in [0.25, 0.3) is 0 Å². The summed E-state index contributed by atoms with van der Waals surface area (Å²) in [6.07, 6.45) is 3.13. The third-order valence-corrected chi connectivity index (χ3v) is 3.41. The molecule has 17 heavy (non-hydrogen) atoms. The van der Waals surface area contributed by atoms with Crippen LogP contribution in [0.1, 0.15) is 23.7 Å². The summed E-state index contributed by atoms with van der Waals surface area (Å²) in [5.74, 6) is 0.180. The van der Waals surface area contributed by atoms with Gasteiger partial charge in [0.15, 0.2) is 0 Å². The highest BCUT2D eigenvalue weighted by Gasteiger charge is 2.08. The molecule has 1 atom stereocenters. The number of benzene rings is 1. The molecule has 1 aromatic rings. The van der Waals surface area contributed by atoms with Crippen molar-refractivity contribution in [3.63, 3.8) is 0 Å². The van der Waals surface area contributed by atoms with Crippen molar-refractivity contribution >= 4 is 39.3 Å². The summed E-state index contributed by atoms with van der Waals surface area (Å²) in [6.45, 7) is 2.09. The Bertz CT molecular complexity index is 398. The Morgan fingerprint density at radius 2 is 2.24 bits per heavy atom. The molecule has 0 aromatic heterocycles. The maximum absolute atomic E-state index is 10.9. The van der Waals surface area contributed by atoms with Crippen LogP contribution in [-0.2, 0) is 0 Å². The van der Waals surface area contributed by atoms with Gasteiger partial charge in [0.1, 0.15) is 0 Å². The first-order chi connectivity index (χ1) is 8.02. The number of hydrogen-bond acceptors (Lipinski definition) is 3. The molecule has 0 saturated heterocycles. The highest BCUT2D eigenvalue weighted by Crippen LogP contribution is 2.21. The second-order valence-corrected chi connectivity index (χ2v) is 5.76. The van der Waals surface area contributed by atoms with Crippen LogP contribution in [0.4, 0.5) is 5.69 Å². The average molecular weight is 318 g/mol. The number of thioether (sulfide) groups is 1. The molecule has 0 radical (unpaired) electrons. The third kappa shape index (κ3) is 5.00. The Morgan fingerprint density at radius 1 is 1.53 bits per heavy atom. The van der Waals surface area contributed by atoms with Crippen molar-refractivity contribution in [3.8, 4) is 0 Å². The summed E-state index contributed by atoms with van der Waals surface area (Å²) in [6, 6.07) is 5.48. The van der Waals surface area contributed by atoms with Gasteiger partial charge in [-0.25, -0.2) is 4.79 Å². The molecule has 1 rings (SSSR count). The van der Waals surface area contributed by atoms with Crippen molar-refractivity contribution in [2.75, 3.05) is 17.3 Å². The number of nitrogens with one attached hydrogen (secondary N) is 1. The minimum absolute atomic E-state index is 0.291. The molecule has 1 aromatic carbocycles. The Balaban J connectivity index is 2.73. The Morgan fingerprint density at radius 3 is 2.82 bits per heavy atom. The first kappa shape index (κ1) is 14.4. The molecule has 94 valence electrons. The van der Waals surface area contributed by atoms with Crippen molar-refractivity contribution in [1.29, 1.82) is 0 Å². The molecular weight excluding hydrogens is 302 g/mol. The average Bonchev–Trinajstić information content (AvgIpc) is 2.25. The van der Waals surface area contributed by atoms with E-state index in [-0.39, 0.29) is 0 Å². The van der Waals surface area contributed by atoms with Gasteiger partial charge in [-0.2, -0.15) is 11.8 Å². The number of halogens is 1. The zero-order chi connectivity index (χ0) is 12.8. The van der Waals surface area contributed by atoms with E-state index in [4.69, 9.17) is 5.11 Å². The maximum atomic E-state index is 10.9. The number of carbonyl (C=O) groups is 1. The quantitative estimate of drug-likeness (QED) is 0.840. The molecular formula is C12H16BrNO2S. The number of hydrogen-bond donors (Lipinski definition) is 2. The second-order valence-electron chi connectivity index (χ2n) is 3.86. The smallest absolute Gasteiger partial charge is 0.335 e. The number of carboxylic acid groups (broad SMARTS) is 1. The lowest BCUT2D eigenvalue weighted by Gasteiger charge is -2.15. The van der Waals surface area contributed by atoms with Crippen LogP contribution in [0.15, 0.2) is 22.7 Å². The topological polar surface area (TPSA) is 49.3 Å². The van der Waals surface area contributed by atoms with E-state index in [1.54, 1.807) is 12.1 Å². The fourth-order valence-electron chi connectivity index (χ4n) is 1.45. The fourth-order valence-corrected chi connectivity index (χ4v) is 2.53. The molecule has 0 bridgehead atoms. The van der Waals surface area contributed by atoms with E-state index in [0.717, 1.165) is 22.3 Å². The Labute approximate surface area is 114 Å². The highest BCUT2D eigenvalue weighted by molar-refractivity contribution is 9.10. The first-order valence-electron chi connectivity index (χ1n) is 5.32. The van der Waals surface area contributed by atoms with Crippen LogP contribution < -0.4 is 5.32 Å². The van der Waals surface area contributed by atoms with Crippen LogP contribution >= 0.6 is 27.7 Å². The predicted molar refractivity (Wildman–Crippen MR) is 77.2 cm³/mol. The predicted octanol–water partition coefficient (Wildman–Crippen LogP) is 3.70. The van der Waals surface area contributed by atoms with Gasteiger partial charge in [0.2, 0.25) is 0 Å². The Kier molecular flexibility index (Phi) is 5.85. The molecule has 5 heteroatoms. The monoisotopic (exact) mass is 317 g/mol. The van der Waals surface area contributed by atoms with Gasteiger partial charge in [-0.1, -0.05) is 15.9 Å². The molecule has 0 amide bonds. The number of rotatable bonds is 6. The molecule has 0 heterocycles. The molecule has 3 nitrogen and oxygen atoms in total. The van der Waals surface area contributed by atoms with Crippen LogP contribution in [0.5, 0.6) is 0 Å². The van der Waals surface area contributed by atoms with Crippen molar-refractivity contribution in [1.82, 2.24) is 0 Å². The fraction of sp³-hybridized carbons (Fsp3) is 0.417. The minimum Gasteiger partial charge on any atom is -0.478 e. The van der Waals surface area contributed by atoms with E-state index in [0.29, 0.717) is 11.6 Å². The zero-order valence-electron chi connectivity index (χ0n) is 9.87. The van der Waals surface area contributed by atoms with Gasteiger partial charge in [0.05, 0.1) is 5.56 Å². The Hall–Kier alpha value is -0.680. The molecule has 0 aliphatic carbocycles. The summed E-state index contributed by atoms with van der Waals surface area (Å²) in [5.41, 5.74) is 1.13. The SMILES string of the molecule is CSCCC(C)Nc1cc(Br)cc(C(=O)O)c1. The van der Waals surface area contributed by atoms with Crippen molar-refractivity contribution in [2.45, 2.75) is 19.4 Å². The van der Waals surface area contributed by atoms with Gasteiger partial charge in [-0.05, 0) is 43.6 Å². The second kappa shape index (κ2) is 6.91.